The molecule has 1 rings (SSSR count). The van der Waals surface area contributed by atoms with Crippen LogP contribution in [0.15, 0.2) is 18.2 Å². The van der Waals surface area contributed by atoms with Crippen LogP contribution in [-0.2, 0) is 0 Å². The standard InChI is InChI=1S/C12H13NO2/c1-9-5-6-10(4-2-3-7-14)11(8-9)12(13)15/h5-6,8,14H,3,7H2,1H3,(H2,13,15). The maximum absolute atomic E-state index is 11.1. The van der Waals surface area contributed by atoms with Crippen LogP contribution < -0.4 is 5.73 Å². The maximum atomic E-state index is 11.1. The number of aliphatic hydroxyl groups is 1. The number of hydrogen-bond donors (Lipinski definition) is 2. The molecule has 1 aromatic carbocycles. The lowest BCUT2D eigenvalue weighted by atomic mass is 10.0. The molecule has 3 N–H and O–H groups in total. The van der Waals surface area contributed by atoms with Gasteiger partial charge in [-0.2, -0.15) is 0 Å². The summed E-state index contributed by atoms with van der Waals surface area (Å²) < 4.78 is 0. The molecular weight excluding hydrogens is 190 g/mol. The predicted molar refractivity (Wildman–Crippen MR) is 58.3 cm³/mol. The van der Waals surface area contributed by atoms with E-state index in [1.165, 1.54) is 0 Å². The van der Waals surface area contributed by atoms with Crippen LogP contribution in [0.5, 0.6) is 0 Å². The molecule has 0 saturated carbocycles. The third-order valence-corrected chi connectivity index (χ3v) is 1.90. The lowest BCUT2D eigenvalue weighted by Crippen LogP contribution is -2.13. The normalized spacial score (nSPS) is 9.20. The van der Waals surface area contributed by atoms with Gasteiger partial charge in [0.25, 0.3) is 0 Å². The van der Waals surface area contributed by atoms with Gasteiger partial charge < -0.3 is 10.8 Å². The molecule has 0 aliphatic rings. The molecule has 3 nitrogen and oxygen atoms in total. The largest absolute Gasteiger partial charge is 0.395 e. The fourth-order valence-corrected chi connectivity index (χ4v) is 1.18. The number of carbonyl (C=O) groups excluding carboxylic acids is 1. The van der Waals surface area contributed by atoms with Crippen LogP contribution in [0.2, 0.25) is 0 Å². The van der Waals surface area contributed by atoms with Gasteiger partial charge in [-0.3, -0.25) is 4.79 Å². The summed E-state index contributed by atoms with van der Waals surface area (Å²) in [6.07, 6.45) is 0.395. The van der Waals surface area contributed by atoms with E-state index in [0.717, 1.165) is 5.56 Å². The van der Waals surface area contributed by atoms with Gasteiger partial charge in [0.2, 0.25) is 5.91 Å². The molecule has 0 spiro atoms. The second-order valence-corrected chi connectivity index (χ2v) is 3.19. The Morgan fingerprint density at radius 3 is 2.87 bits per heavy atom. The summed E-state index contributed by atoms with van der Waals surface area (Å²) in [5, 5.41) is 8.57. The lowest BCUT2D eigenvalue weighted by molar-refractivity contribution is 0.1000. The molecule has 0 radical (unpaired) electrons. The minimum Gasteiger partial charge on any atom is -0.395 e. The van der Waals surface area contributed by atoms with Crippen LogP contribution in [0.25, 0.3) is 0 Å². The number of carbonyl (C=O) groups is 1. The molecule has 0 aromatic heterocycles. The molecule has 78 valence electrons. The van der Waals surface area contributed by atoms with Crippen molar-refractivity contribution in [3.05, 3.63) is 34.9 Å². The number of aliphatic hydroxyl groups excluding tert-OH is 1. The SMILES string of the molecule is Cc1ccc(C#CCCO)c(C(N)=O)c1. The van der Waals surface area contributed by atoms with Crippen molar-refractivity contribution in [1.82, 2.24) is 0 Å². The van der Waals surface area contributed by atoms with Crippen molar-refractivity contribution in [3.63, 3.8) is 0 Å². The highest BCUT2D eigenvalue weighted by Gasteiger charge is 2.05. The van der Waals surface area contributed by atoms with E-state index in [1.54, 1.807) is 12.1 Å². The van der Waals surface area contributed by atoms with Crippen LogP contribution >= 0.6 is 0 Å². The van der Waals surface area contributed by atoms with E-state index in [4.69, 9.17) is 10.8 Å². The Balaban J connectivity index is 3.08. The summed E-state index contributed by atoms with van der Waals surface area (Å²) >= 11 is 0. The minimum atomic E-state index is -0.480. The van der Waals surface area contributed by atoms with Gasteiger partial charge in [-0.15, -0.1) is 0 Å². The average Bonchev–Trinajstić information content (AvgIpc) is 2.20. The highest BCUT2D eigenvalue weighted by molar-refractivity contribution is 5.95. The summed E-state index contributed by atoms with van der Waals surface area (Å²) in [5.41, 5.74) is 7.24. The van der Waals surface area contributed by atoms with Gasteiger partial charge in [0.1, 0.15) is 0 Å². The van der Waals surface area contributed by atoms with Gasteiger partial charge in [-0.1, -0.05) is 23.5 Å². The highest BCUT2D eigenvalue weighted by atomic mass is 16.2. The molecule has 1 amide bonds. The first-order chi connectivity index (χ1) is 7.15. The zero-order chi connectivity index (χ0) is 11.3. The van der Waals surface area contributed by atoms with Gasteiger partial charge in [-0.05, 0) is 19.1 Å². The molecule has 0 bridgehead atoms. The third-order valence-electron chi connectivity index (χ3n) is 1.90. The van der Waals surface area contributed by atoms with Crippen LogP contribution in [-0.4, -0.2) is 17.6 Å². The minimum absolute atomic E-state index is 0.0186. The first-order valence-corrected chi connectivity index (χ1v) is 4.65. The maximum Gasteiger partial charge on any atom is 0.249 e. The number of primary amides is 1. The summed E-state index contributed by atoms with van der Waals surface area (Å²) in [6.45, 7) is 1.90. The molecule has 0 heterocycles. The number of aryl methyl sites for hydroxylation is 1. The quantitative estimate of drug-likeness (QED) is 0.699. The van der Waals surface area contributed by atoms with E-state index in [9.17, 15) is 4.79 Å². The molecule has 0 fully saturated rings. The highest BCUT2D eigenvalue weighted by Crippen LogP contribution is 2.09. The van der Waals surface area contributed by atoms with Crippen LogP contribution in [0.4, 0.5) is 0 Å². The van der Waals surface area contributed by atoms with Gasteiger partial charge >= 0.3 is 0 Å². The Labute approximate surface area is 88.9 Å². The molecule has 0 saturated heterocycles. The molecular formula is C12H13NO2. The Hall–Kier alpha value is -1.79. The van der Waals surface area contributed by atoms with Gasteiger partial charge in [0, 0.05) is 12.0 Å². The number of rotatable bonds is 2. The third kappa shape index (κ3) is 3.12. The predicted octanol–water partition coefficient (Wildman–Crippen LogP) is 0.828. The second-order valence-electron chi connectivity index (χ2n) is 3.19. The fourth-order valence-electron chi connectivity index (χ4n) is 1.18. The van der Waals surface area contributed by atoms with E-state index in [1.807, 2.05) is 13.0 Å². The van der Waals surface area contributed by atoms with Crippen LogP contribution in [0.1, 0.15) is 27.9 Å². The second kappa shape index (κ2) is 5.18. The van der Waals surface area contributed by atoms with Crippen molar-refractivity contribution >= 4 is 5.91 Å². The van der Waals surface area contributed by atoms with E-state index < -0.39 is 5.91 Å². The molecule has 0 aliphatic carbocycles. The lowest BCUT2D eigenvalue weighted by Gasteiger charge is -2.01. The molecule has 0 aliphatic heterocycles. The summed E-state index contributed by atoms with van der Waals surface area (Å²) in [7, 11) is 0. The Morgan fingerprint density at radius 1 is 1.53 bits per heavy atom. The first kappa shape index (κ1) is 11.3. The Bertz CT molecular complexity index is 427. The summed E-state index contributed by atoms with van der Waals surface area (Å²) in [5.74, 6) is 5.09. The topological polar surface area (TPSA) is 63.3 Å². The van der Waals surface area contributed by atoms with E-state index in [2.05, 4.69) is 11.8 Å². The number of nitrogens with two attached hydrogens (primary N) is 1. The van der Waals surface area contributed by atoms with Crippen molar-refractivity contribution in [2.75, 3.05) is 6.61 Å². The number of amides is 1. The van der Waals surface area contributed by atoms with E-state index >= 15 is 0 Å². The van der Waals surface area contributed by atoms with Crippen molar-refractivity contribution in [2.45, 2.75) is 13.3 Å². The van der Waals surface area contributed by atoms with Gasteiger partial charge in [0.05, 0.1) is 12.2 Å². The van der Waals surface area contributed by atoms with Crippen molar-refractivity contribution in [1.29, 1.82) is 0 Å². The Kier molecular flexibility index (Phi) is 3.90. The van der Waals surface area contributed by atoms with Crippen molar-refractivity contribution in [2.24, 2.45) is 5.73 Å². The van der Waals surface area contributed by atoms with E-state index in [0.29, 0.717) is 17.5 Å². The Morgan fingerprint density at radius 2 is 2.27 bits per heavy atom. The fraction of sp³-hybridized carbons (Fsp3) is 0.250. The van der Waals surface area contributed by atoms with Crippen LogP contribution in [0, 0.1) is 18.8 Å². The molecule has 1 aromatic rings. The van der Waals surface area contributed by atoms with Gasteiger partial charge in [-0.25, -0.2) is 0 Å². The monoisotopic (exact) mass is 203 g/mol. The van der Waals surface area contributed by atoms with E-state index in [-0.39, 0.29) is 6.61 Å². The van der Waals surface area contributed by atoms with Crippen LogP contribution in [0.3, 0.4) is 0 Å². The molecule has 3 heteroatoms. The van der Waals surface area contributed by atoms with Gasteiger partial charge in [0.15, 0.2) is 0 Å². The smallest absolute Gasteiger partial charge is 0.249 e. The number of benzene rings is 1. The first-order valence-electron chi connectivity index (χ1n) is 4.65. The zero-order valence-electron chi connectivity index (χ0n) is 8.58. The average molecular weight is 203 g/mol. The van der Waals surface area contributed by atoms with Crippen molar-refractivity contribution in [3.8, 4) is 11.8 Å². The number of hydrogen-bond acceptors (Lipinski definition) is 2. The summed E-state index contributed by atoms with van der Waals surface area (Å²) in [4.78, 5) is 11.1. The zero-order valence-corrected chi connectivity index (χ0v) is 8.58. The molecule has 0 atom stereocenters. The van der Waals surface area contributed by atoms with Crippen molar-refractivity contribution < 1.29 is 9.90 Å². The summed E-state index contributed by atoms with van der Waals surface area (Å²) in [6, 6.07) is 5.35. The molecule has 0 unspecified atom stereocenters. The molecule has 15 heavy (non-hydrogen) atoms.